The van der Waals surface area contributed by atoms with Gasteiger partial charge >= 0.3 is 0 Å². The van der Waals surface area contributed by atoms with Crippen LogP contribution in [0.25, 0.3) is 93.2 Å². The van der Waals surface area contributed by atoms with Crippen LogP contribution in [0.3, 0.4) is 0 Å². The lowest BCUT2D eigenvalue weighted by molar-refractivity contribution is 0.704. The highest BCUT2D eigenvalue weighted by atomic mass is 15.2. The molecule has 0 spiro atoms. The second kappa shape index (κ2) is 15.3. The maximum Gasteiger partial charge on any atom is 0.148 e. The number of fused-ring (bicyclic) bond motifs is 9. The number of para-hydroxylation sites is 1. The van der Waals surface area contributed by atoms with Gasteiger partial charge in [0, 0.05) is 45.6 Å². The first-order chi connectivity index (χ1) is 32.7. The number of aliphatic imine (C=N–C) groups is 1. The third kappa shape index (κ3) is 6.08. The molecule has 3 nitrogen and oxygen atoms in total. The van der Waals surface area contributed by atoms with Crippen molar-refractivity contribution in [2.24, 2.45) is 4.99 Å². The van der Waals surface area contributed by atoms with Gasteiger partial charge in [-0.1, -0.05) is 194 Å². The highest BCUT2D eigenvalue weighted by Gasteiger charge is 2.29. The van der Waals surface area contributed by atoms with Gasteiger partial charge in [-0.3, -0.25) is 4.99 Å². The van der Waals surface area contributed by atoms with E-state index >= 15 is 0 Å². The van der Waals surface area contributed by atoms with Crippen LogP contribution in [0.15, 0.2) is 242 Å². The second-order valence-electron chi connectivity index (χ2n) is 17.5. The highest BCUT2D eigenvalue weighted by Crippen LogP contribution is 2.45. The van der Waals surface area contributed by atoms with Crippen LogP contribution in [0.5, 0.6) is 0 Å². The molecule has 0 bridgehead atoms. The smallest absolute Gasteiger partial charge is 0.148 e. The molecule has 1 aliphatic rings. The zero-order chi connectivity index (χ0) is 43.7. The van der Waals surface area contributed by atoms with Gasteiger partial charge in [0.2, 0.25) is 0 Å². The van der Waals surface area contributed by atoms with E-state index < -0.39 is 0 Å². The Bertz CT molecular complexity index is 3900. The second-order valence-corrected chi connectivity index (χ2v) is 17.5. The molecule has 1 atom stereocenters. The van der Waals surface area contributed by atoms with Crippen LogP contribution in [0.2, 0.25) is 0 Å². The molecule has 1 aromatic heterocycles. The Morgan fingerprint density at radius 1 is 0.348 bits per heavy atom. The van der Waals surface area contributed by atoms with E-state index in [-0.39, 0.29) is 6.17 Å². The number of benzene rings is 11. The molecular formula is C63H43N3. The first-order valence-electron chi connectivity index (χ1n) is 22.8. The van der Waals surface area contributed by atoms with E-state index in [9.17, 15) is 0 Å². The summed E-state index contributed by atoms with van der Waals surface area (Å²) < 4.78 is 2.50. The van der Waals surface area contributed by atoms with E-state index in [0.29, 0.717) is 0 Å². The summed E-state index contributed by atoms with van der Waals surface area (Å²) in [6.07, 6.45) is -0.247. The predicted molar refractivity (Wildman–Crippen MR) is 279 cm³/mol. The van der Waals surface area contributed by atoms with Crippen LogP contribution < -0.4 is 4.90 Å². The Balaban J connectivity index is 0.993. The van der Waals surface area contributed by atoms with Crippen molar-refractivity contribution in [1.82, 2.24) is 4.57 Å². The monoisotopic (exact) mass is 841 g/mol. The topological polar surface area (TPSA) is 20.5 Å². The molecule has 12 aromatic rings. The zero-order valence-electron chi connectivity index (χ0n) is 36.4. The summed E-state index contributed by atoms with van der Waals surface area (Å²) >= 11 is 0. The molecule has 0 amide bonds. The summed E-state index contributed by atoms with van der Waals surface area (Å²) in [5.74, 6) is 0. The minimum absolute atomic E-state index is 0.247. The van der Waals surface area contributed by atoms with Crippen molar-refractivity contribution in [1.29, 1.82) is 0 Å². The molecule has 11 aromatic carbocycles. The van der Waals surface area contributed by atoms with Gasteiger partial charge in [0.05, 0.1) is 22.4 Å². The van der Waals surface area contributed by atoms with Gasteiger partial charge in [0.1, 0.15) is 6.17 Å². The molecule has 1 aliphatic heterocycles. The minimum Gasteiger partial charge on any atom is -0.349 e. The van der Waals surface area contributed by atoms with E-state index in [0.717, 1.165) is 22.5 Å². The lowest BCUT2D eigenvalue weighted by Gasteiger charge is -2.35. The summed E-state index contributed by atoms with van der Waals surface area (Å²) in [6, 6.07) is 86.3. The predicted octanol–water partition coefficient (Wildman–Crippen LogP) is 16.2. The quantitative estimate of drug-likeness (QED) is 0.163. The molecular weight excluding hydrogens is 799 g/mol. The fraction of sp³-hybridized carbons (Fsp3) is 0.0317. The molecule has 0 radical (unpaired) electrons. The maximum atomic E-state index is 5.67. The van der Waals surface area contributed by atoms with E-state index in [2.05, 4.69) is 253 Å². The van der Waals surface area contributed by atoms with Gasteiger partial charge in [-0.05, 0) is 103 Å². The zero-order valence-corrected chi connectivity index (χ0v) is 36.4. The number of hydrogen-bond donors (Lipinski definition) is 0. The molecule has 66 heavy (non-hydrogen) atoms. The van der Waals surface area contributed by atoms with Gasteiger partial charge in [0.25, 0.3) is 0 Å². The molecule has 0 N–H and O–H groups in total. The lowest BCUT2D eigenvalue weighted by Crippen LogP contribution is -2.30. The van der Waals surface area contributed by atoms with Crippen LogP contribution >= 0.6 is 0 Å². The van der Waals surface area contributed by atoms with Gasteiger partial charge in [0.15, 0.2) is 0 Å². The first-order valence-corrected chi connectivity index (χ1v) is 22.8. The molecule has 0 fully saturated rings. The lowest BCUT2D eigenvalue weighted by atomic mass is 9.93. The molecule has 3 heteroatoms. The molecule has 0 saturated heterocycles. The van der Waals surface area contributed by atoms with Gasteiger partial charge < -0.3 is 9.47 Å². The summed E-state index contributed by atoms with van der Waals surface area (Å²) in [5.41, 5.74) is 16.4. The molecule has 1 unspecified atom stereocenters. The molecule has 0 saturated carbocycles. The maximum absolute atomic E-state index is 5.67. The molecule has 2 heterocycles. The van der Waals surface area contributed by atoms with Crippen molar-refractivity contribution < 1.29 is 0 Å². The van der Waals surface area contributed by atoms with Crippen LogP contribution in [0.4, 0.5) is 5.69 Å². The fourth-order valence-corrected chi connectivity index (χ4v) is 10.7. The Kier molecular flexibility index (Phi) is 8.82. The standard InChI is InChI=1S/C63H43N3/c1-65-56-29-13-12-28-55(56)62(49-24-15-22-45(40-49)42-18-6-3-7-19-42)64-63(65)54-34-37-57(53-27-11-10-26-52(53)54)66-58-35-31-43-20-8-9-25-50(43)60(58)61-51-33-30-47(39-48(51)32-36-59(61)66)46-23-14-21-44(38-46)41-16-4-2-5-17-41/h2-40,63H,1H3. The van der Waals surface area contributed by atoms with Crippen molar-refractivity contribution >= 4 is 65.5 Å². The molecule has 13 rings (SSSR count). The van der Waals surface area contributed by atoms with E-state index in [1.54, 1.807) is 0 Å². The van der Waals surface area contributed by atoms with Crippen LogP contribution in [-0.2, 0) is 0 Å². The normalized spacial score (nSPS) is 13.7. The number of aromatic nitrogens is 1. The molecule has 310 valence electrons. The van der Waals surface area contributed by atoms with Gasteiger partial charge in [-0.25, -0.2) is 0 Å². The van der Waals surface area contributed by atoms with Crippen molar-refractivity contribution in [2.75, 3.05) is 11.9 Å². The number of rotatable bonds is 6. The van der Waals surface area contributed by atoms with Crippen molar-refractivity contribution in [3.8, 4) is 39.1 Å². The summed E-state index contributed by atoms with van der Waals surface area (Å²) in [5, 5.41) is 9.88. The van der Waals surface area contributed by atoms with Gasteiger partial charge in [-0.2, -0.15) is 0 Å². The van der Waals surface area contributed by atoms with E-state index in [1.807, 2.05) is 0 Å². The summed E-state index contributed by atoms with van der Waals surface area (Å²) in [7, 11) is 2.18. The van der Waals surface area contributed by atoms with Gasteiger partial charge in [-0.15, -0.1) is 0 Å². The van der Waals surface area contributed by atoms with Crippen LogP contribution in [0, 0.1) is 0 Å². The number of hydrogen-bond acceptors (Lipinski definition) is 2. The van der Waals surface area contributed by atoms with Crippen molar-refractivity contribution in [3.63, 3.8) is 0 Å². The average Bonchev–Trinajstić information content (AvgIpc) is 3.74. The van der Waals surface area contributed by atoms with E-state index in [1.165, 1.54) is 98.8 Å². The Morgan fingerprint density at radius 2 is 0.879 bits per heavy atom. The Hall–Kier alpha value is -8.53. The van der Waals surface area contributed by atoms with Crippen molar-refractivity contribution in [2.45, 2.75) is 6.17 Å². The average molecular weight is 842 g/mol. The number of anilines is 1. The summed E-state index contributed by atoms with van der Waals surface area (Å²) in [4.78, 5) is 8.01. The number of nitrogens with zero attached hydrogens (tertiary/aromatic N) is 3. The third-order valence-electron chi connectivity index (χ3n) is 13.8. The first kappa shape index (κ1) is 38.0. The Morgan fingerprint density at radius 3 is 1.61 bits per heavy atom. The third-order valence-corrected chi connectivity index (χ3v) is 13.8. The molecule has 0 aliphatic carbocycles. The fourth-order valence-electron chi connectivity index (χ4n) is 10.7. The largest absolute Gasteiger partial charge is 0.349 e. The van der Waals surface area contributed by atoms with Crippen LogP contribution in [0.1, 0.15) is 22.9 Å². The minimum atomic E-state index is -0.247. The summed E-state index contributed by atoms with van der Waals surface area (Å²) in [6.45, 7) is 0. The highest BCUT2D eigenvalue weighted by molar-refractivity contribution is 6.29. The Labute approximate surface area is 383 Å². The van der Waals surface area contributed by atoms with E-state index in [4.69, 9.17) is 4.99 Å². The van der Waals surface area contributed by atoms with Crippen LogP contribution in [-0.4, -0.2) is 17.3 Å². The van der Waals surface area contributed by atoms with Crippen molar-refractivity contribution in [3.05, 3.63) is 253 Å². The SMILES string of the molecule is CN1c2ccccc2C(c2cccc(-c3ccccc3)c2)=NC1c1ccc(-n2c3ccc4ccccc4c3c3c4ccc(-c5cccc(-c6ccccc6)c5)cc4ccc32)c2ccccc12.